The van der Waals surface area contributed by atoms with Crippen molar-refractivity contribution in [2.45, 2.75) is 44.8 Å². The third-order valence-electron chi connectivity index (χ3n) is 3.93. The number of benzene rings is 1. The summed E-state index contributed by atoms with van der Waals surface area (Å²) in [7, 11) is -3.20. The predicted octanol–water partition coefficient (Wildman–Crippen LogP) is 3.97. The maximum Gasteiger partial charge on any atom is 0.350 e. The number of nitrogens with one attached hydrogen (secondary N) is 1. The average molecular weight is 311 g/mol. The molecule has 0 aliphatic carbocycles. The van der Waals surface area contributed by atoms with Crippen LogP contribution in [0.25, 0.3) is 0 Å². The zero-order valence-corrected chi connectivity index (χ0v) is 13.9. The summed E-state index contributed by atoms with van der Waals surface area (Å²) < 4.78 is 24.7. The van der Waals surface area contributed by atoms with Crippen LogP contribution in [0.2, 0.25) is 0 Å². The Labute approximate surface area is 127 Å². The molecule has 4 nitrogen and oxygen atoms in total. The molecule has 0 amide bonds. The first kappa shape index (κ1) is 16.7. The molecular formula is C16H26NO3P. The van der Waals surface area contributed by atoms with Crippen LogP contribution in [0, 0.1) is 0 Å². The van der Waals surface area contributed by atoms with Crippen molar-refractivity contribution in [2.75, 3.05) is 19.8 Å². The molecule has 0 saturated carbocycles. The fraction of sp³-hybridized carbons (Fsp3) is 0.625. The minimum Gasteiger partial charge on any atom is -0.308 e. The smallest absolute Gasteiger partial charge is 0.308 e. The molecule has 1 N–H and O–H groups in total. The molecule has 1 unspecified atom stereocenters. The lowest BCUT2D eigenvalue weighted by molar-refractivity contribution is 0.172. The van der Waals surface area contributed by atoms with Gasteiger partial charge in [0.05, 0.1) is 13.2 Å². The Balaban J connectivity index is 2.33. The Morgan fingerprint density at radius 3 is 2.33 bits per heavy atom. The lowest BCUT2D eigenvalue weighted by atomic mass is 9.97. The Bertz CT molecular complexity index is 462. The van der Waals surface area contributed by atoms with Gasteiger partial charge in [-0.2, -0.15) is 0 Å². The van der Waals surface area contributed by atoms with E-state index in [1.54, 1.807) is 0 Å². The molecule has 1 aromatic rings. The average Bonchev–Trinajstić information content (AvgIpc) is 2.49. The van der Waals surface area contributed by atoms with Gasteiger partial charge >= 0.3 is 7.60 Å². The second-order valence-corrected chi connectivity index (χ2v) is 7.78. The monoisotopic (exact) mass is 311 g/mol. The molecule has 1 aliphatic rings. The standard InChI is InChI=1S/C16H26NO3P/c1-3-19-21(18,20-4-2)16(12-8-9-13-17-16)14-15-10-6-5-7-11-15/h5-7,10-11,17H,3-4,8-9,12-14H2,1-2H3. The summed E-state index contributed by atoms with van der Waals surface area (Å²) in [6.07, 6.45) is 3.64. The number of rotatable bonds is 7. The summed E-state index contributed by atoms with van der Waals surface area (Å²) >= 11 is 0. The van der Waals surface area contributed by atoms with Gasteiger partial charge in [0.15, 0.2) is 0 Å². The van der Waals surface area contributed by atoms with Crippen molar-refractivity contribution in [3.8, 4) is 0 Å². The van der Waals surface area contributed by atoms with E-state index in [-0.39, 0.29) is 0 Å². The minimum atomic E-state index is -3.20. The summed E-state index contributed by atoms with van der Waals surface area (Å²) in [5, 5.41) is 2.88. The van der Waals surface area contributed by atoms with E-state index in [1.807, 2.05) is 32.0 Å². The van der Waals surface area contributed by atoms with E-state index < -0.39 is 12.9 Å². The Morgan fingerprint density at radius 1 is 1.14 bits per heavy atom. The van der Waals surface area contributed by atoms with E-state index in [0.717, 1.165) is 31.4 Å². The summed E-state index contributed by atoms with van der Waals surface area (Å²) in [5.41, 5.74) is 1.16. The van der Waals surface area contributed by atoms with Gasteiger partial charge in [0.1, 0.15) is 5.28 Å². The van der Waals surface area contributed by atoms with E-state index in [9.17, 15) is 4.57 Å². The number of piperidine rings is 1. The molecule has 1 aromatic carbocycles. The molecule has 0 radical (unpaired) electrons. The predicted molar refractivity (Wildman–Crippen MR) is 85.6 cm³/mol. The fourth-order valence-corrected chi connectivity index (χ4v) is 5.35. The highest BCUT2D eigenvalue weighted by atomic mass is 31.2. The summed E-state index contributed by atoms with van der Waals surface area (Å²) in [5.74, 6) is 0. The molecule has 2 rings (SSSR count). The zero-order chi connectivity index (χ0) is 15.2. The molecule has 1 aliphatic heterocycles. The maximum atomic E-state index is 13.4. The SMILES string of the molecule is CCOP(=O)(OCC)C1(Cc2ccccc2)CCCCN1. The lowest BCUT2D eigenvalue weighted by Gasteiger charge is -2.42. The molecule has 0 aromatic heterocycles. The summed E-state index contributed by atoms with van der Waals surface area (Å²) in [4.78, 5) is 0. The molecule has 21 heavy (non-hydrogen) atoms. The van der Waals surface area contributed by atoms with Gasteiger partial charge in [-0.05, 0) is 45.2 Å². The van der Waals surface area contributed by atoms with Crippen LogP contribution < -0.4 is 5.32 Å². The first-order valence-corrected chi connectivity index (χ1v) is 9.38. The zero-order valence-electron chi connectivity index (χ0n) is 13.0. The van der Waals surface area contributed by atoms with Crippen LogP contribution in [0.15, 0.2) is 30.3 Å². The molecule has 0 bridgehead atoms. The molecule has 118 valence electrons. The summed E-state index contributed by atoms with van der Waals surface area (Å²) in [6.45, 7) is 5.39. The lowest BCUT2D eigenvalue weighted by Crippen LogP contribution is -2.50. The van der Waals surface area contributed by atoms with Gasteiger partial charge in [0.2, 0.25) is 0 Å². The molecule has 1 fully saturated rings. The second kappa shape index (κ2) is 7.55. The van der Waals surface area contributed by atoms with E-state index in [1.165, 1.54) is 0 Å². The van der Waals surface area contributed by atoms with Gasteiger partial charge in [-0.3, -0.25) is 4.57 Å². The van der Waals surface area contributed by atoms with E-state index in [4.69, 9.17) is 9.05 Å². The fourth-order valence-electron chi connectivity index (χ4n) is 2.99. The molecule has 0 spiro atoms. The normalized spacial score (nSPS) is 23.1. The van der Waals surface area contributed by atoms with Crippen molar-refractivity contribution in [3.63, 3.8) is 0 Å². The van der Waals surface area contributed by atoms with Crippen LogP contribution in [0.4, 0.5) is 0 Å². The Morgan fingerprint density at radius 2 is 1.81 bits per heavy atom. The highest BCUT2D eigenvalue weighted by Crippen LogP contribution is 2.62. The van der Waals surface area contributed by atoms with Gasteiger partial charge < -0.3 is 14.4 Å². The largest absolute Gasteiger partial charge is 0.350 e. The Hall–Kier alpha value is -0.670. The minimum absolute atomic E-state index is 0.398. The first-order valence-electron chi connectivity index (χ1n) is 7.84. The van der Waals surface area contributed by atoms with Crippen LogP contribution in [0.3, 0.4) is 0 Å². The molecule has 1 atom stereocenters. The van der Waals surface area contributed by atoms with Crippen molar-refractivity contribution in [1.82, 2.24) is 5.32 Å². The van der Waals surface area contributed by atoms with Gasteiger partial charge in [-0.15, -0.1) is 0 Å². The highest BCUT2D eigenvalue weighted by molar-refractivity contribution is 7.55. The van der Waals surface area contributed by atoms with Crippen LogP contribution >= 0.6 is 7.60 Å². The third-order valence-corrected chi connectivity index (χ3v) is 6.72. The second-order valence-electron chi connectivity index (χ2n) is 5.41. The topological polar surface area (TPSA) is 47.6 Å². The summed E-state index contributed by atoms with van der Waals surface area (Å²) in [6, 6.07) is 10.2. The molecule has 1 saturated heterocycles. The number of hydrogen-bond acceptors (Lipinski definition) is 4. The van der Waals surface area contributed by atoms with Crippen molar-refractivity contribution < 1.29 is 13.6 Å². The van der Waals surface area contributed by atoms with E-state index in [2.05, 4.69) is 17.4 Å². The first-order chi connectivity index (χ1) is 10.2. The van der Waals surface area contributed by atoms with Crippen LogP contribution in [-0.2, 0) is 20.0 Å². The highest BCUT2D eigenvalue weighted by Gasteiger charge is 2.51. The van der Waals surface area contributed by atoms with Gasteiger partial charge in [-0.25, -0.2) is 0 Å². The van der Waals surface area contributed by atoms with Crippen molar-refractivity contribution in [1.29, 1.82) is 0 Å². The van der Waals surface area contributed by atoms with Gasteiger partial charge in [-0.1, -0.05) is 30.3 Å². The van der Waals surface area contributed by atoms with Crippen LogP contribution in [-0.4, -0.2) is 25.0 Å². The van der Waals surface area contributed by atoms with E-state index >= 15 is 0 Å². The van der Waals surface area contributed by atoms with Gasteiger partial charge in [0, 0.05) is 6.42 Å². The number of hydrogen-bond donors (Lipinski definition) is 1. The van der Waals surface area contributed by atoms with E-state index in [0.29, 0.717) is 19.6 Å². The van der Waals surface area contributed by atoms with Crippen LogP contribution in [0.5, 0.6) is 0 Å². The van der Waals surface area contributed by atoms with Gasteiger partial charge in [0.25, 0.3) is 0 Å². The molecular weight excluding hydrogens is 285 g/mol. The quantitative estimate of drug-likeness (QED) is 0.774. The van der Waals surface area contributed by atoms with Crippen molar-refractivity contribution in [3.05, 3.63) is 35.9 Å². The van der Waals surface area contributed by atoms with Crippen molar-refractivity contribution in [2.24, 2.45) is 0 Å². The molecule has 1 heterocycles. The van der Waals surface area contributed by atoms with Crippen molar-refractivity contribution >= 4 is 7.60 Å². The van der Waals surface area contributed by atoms with Crippen LogP contribution in [0.1, 0.15) is 38.7 Å². The third kappa shape index (κ3) is 3.75. The molecule has 5 heteroatoms. The Kier molecular flexibility index (Phi) is 6.00. The maximum absolute atomic E-state index is 13.4.